The Balaban J connectivity index is 2.43. The molecule has 0 bridgehead atoms. The molecule has 1 heterocycles. The molecule has 0 fully saturated rings. The van der Waals surface area contributed by atoms with Gasteiger partial charge in [0, 0.05) is 29.2 Å². The number of benzene rings is 1. The third-order valence-corrected chi connectivity index (χ3v) is 4.39. The number of amides is 1. The first kappa shape index (κ1) is 23.9. The van der Waals surface area contributed by atoms with E-state index in [4.69, 9.17) is 0 Å². The van der Waals surface area contributed by atoms with Gasteiger partial charge >= 0.3 is 12.4 Å². The number of hydrogen-bond acceptors (Lipinski definition) is 2. The minimum Gasteiger partial charge on any atom is -0.322 e. The molecule has 0 radical (unpaired) electrons. The summed E-state index contributed by atoms with van der Waals surface area (Å²) in [6.07, 6.45) is -5.91. The zero-order valence-electron chi connectivity index (χ0n) is 16.5. The number of alkyl halides is 6. The molecule has 0 aliphatic carbocycles. The van der Waals surface area contributed by atoms with E-state index in [1.165, 1.54) is 42.7 Å². The molecule has 1 amide bonds. The Kier molecular flexibility index (Phi) is 7.09. The lowest BCUT2D eigenvalue weighted by atomic mass is 9.97. The fourth-order valence-corrected chi connectivity index (χ4v) is 2.63. The van der Waals surface area contributed by atoms with E-state index in [1.807, 2.05) is 0 Å². The van der Waals surface area contributed by atoms with E-state index in [9.17, 15) is 31.1 Å². The van der Waals surface area contributed by atoms with Crippen molar-refractivity contribution in [2.45, 2.75) is 26.2 Å². The number of aryl methyl sites for hydroxylation is 1. The number of nitrogens with zero attached hydrogens (tertiary/aromatic N) is 1. The molecule has 2 aromatic rings. The van der Waals surface area contributed by atoms with Crippen molar-refractivity contribution in [1.82, 2.24) is 4.98 Å². The number of halogens is 6. The quantitative estimate of drug-likeness (QED) is 0.418. The highest BCUT2D eigenvalue weighted by Crippen LogP contribution is 2.36. The van der Waals surface area contributed by atoms with Crippen LogP contribution in [0.3, 0.4) is 0 Å². The van der Waals surface area contributed by atoms with Gasteiger partial charge in [-0.3, -0.25) is 9.78 Å². The molecule has 3 nitrogen and oxygen atoms in total. The average molecular weight is 440 g/mol. The minimum atomic E-state index is -4.87. The molecule has 0 spiro atoms. The van der Waals surface area contributed by atoms with Crippen LogP contribution in [-0.2, 0) is 0 Å². The second-order valence-electron chi connectivity index (χ2n) is 6.56. The van der Waals surface area contributed by atoms with Crippen molar-refractivity contribution in [1.29, 1.82) is 0 Å². The number of nitrogens with one attached hydrogen (secondary N) is 1. The van der Waals surface area contributed by atoms with Gasteiger partial charge in [-0.25, -0.2) is 0 Å². The topological polar surface area (TPSA) is 42.0 Å². The first-order valence-corrected chi connectivity index (χ1v) is 8.86. The highest BCUT2D eigenvalue weighted by molar-refractivity contribution is 6.05. The largest absolute Gasteiger partial charge is 0.416 e. The van der Waals surface area contributed by atoms with Crippen molar-refractivity contribution in [3.63, 3.8) is 0 Å². The maximum absolute atomic E-state index is 13.3. The van der Waals surface area contributed by atoms with Crippen molar-refractivity contribution in [2.24, 2.45) is 0 Å². The monoisotopic (exact) mass is 440 g/mol. The summed E-state index contributed by atoms with van der Waals surface area (Å²) in [6.45, 7) is 5.42. The SMILES string of the molecule is C=C/C(=C\C(=C(/C)C(F)(F)F)c1ccc(NC(=O)c2ccncc2C)cc1)C(F)(F)F. The van der Waals surface area contributed by atoms with Gasteiger partial charge in [0.05, 0.1) is 5.57 Å². The third kappa shape index (κ3) is 6.07. The van der Waals surface area contributed by atoms with Gasteiger partial charge in [0.2, 0.25) is 0 Å². The number of hydrogen-bond donors (Lipinski definition) is 1. The molecular formula is C22H18F6N2O. The lowest BCUT2D eigenvalue weighted by molar-refractivity contribution is -0.0917. The first-order valence-electron chi connectivity index (χ1n) is 8.86. The minimum absolute atomic E-state index is 0.100. The number of aromatic nitrogens is 1. The summed E-state index contributed by atoms with van der Waals surface area (Å²) >= 11 is 0. The Morgan fingerprint density at radius 2 is 1.65 bits per heavy atom. The second-order valence-corrected chi connectivity index (χ2v) is 6.56. The van der Waals surface area contributed by atoms with Crippen LogP contribution in [0.4, 0.5) is 32.0 Å². The van der Waals surface area contributed by atoms with Crippen molar-refractivity contribution in [3.8, 4) is 0 Å². The number of carbonyl (C=O) groups is 1. The standard InChI is InChI=1S/C22H18F6N2O/c1-4-16(22(26,27)28)11-19(14(3)21(23,24)25)15-5-7-17(8-6-15)30-20(31)18-9-10-29-12-13(18)2/h4-12H,1H2,2-3H3,(H,30,31)/b16-11+,19-14-. The molecule has 1 N–H and O–H groups in total. The Bertz CT molecular complexity index is 1030. The van der Waals surface area contributed by atoms with Crippen molar-refractivity contribution in [3.05, 3.63) is 89.3 Å². The van der Waals surface area contributed by atoms with Crippen LogP contribution in [0.2, 0.25) is 0 Å². The van der Waals surface area contributed by atoms with Crippen LogP contribution in [0.15, 0.2) is 72.6 Å². The zero-order chi connectivity index (χ0) is 23.4. The summed E-state index contributed by atoms with van der Waals surface area (Å²) < 4.78 is 79.0. The molecule has 0 aliphatic heterocycles. The van der Waals surface area contributed by atoms with E-state index in [1.54, 1.807) is 6.92 Å². The second kappa shape index (κ2) is 9.20. The molecule has 0 aliphatic rings. The van der Waals surface area contributed by atoms with Crippen LogP contribution in [0.5, 0.6) is 0 Å². The van der Waals surface area contributed by atoms with Crippen molar-refractivity contribution in [2.75, 3.05) is 5.32 Å². The number of rotatable bonds is 5. The molecule has 1 aromatic heterocycles. The number of allylic oxidation sites excluding steroid dienone is 5. The Morgan fingerprint density at radius 1 is 1.03 bits per heavy atom. The predicted molar refractivity (Wildman–Crippen MR) is 106 cm³/mol. The molecule has 2 rings (SSSR count). The number of pyridine rings is 1. The van der Waals surface area contributed by atoms with Gasteiger partial charge in [0.15, 0.2) is 0 Å². The normalized spacial score (nSPS) is 13.5. The zero-order valence-corrected chi connectivity index (χ0v) is 16.5. The van der Waals surface area contributed by atoms with Gasteiger partial charge in [0.1, 0.15) is 0 Å². The molecule has 0 saturated heterocycles. The van der Waals surface area contributed by atoms with Crippen LogP contribution in [0.25, 0.3) is 5.57 Å². The lowest BCUT2D eigenvalue weighted by Gasteiger charge is -2.15. The van der Waals surface area contributed by atoms with Crippen molar-refractivity contribution >= 4 is 17.2 Å². The maximum atomic E-state index is 13.3. The summed E-state index contributed by atoms with van der Waals surface area (Å²) in [7, 11) is 0. The predicted octanol–water partition coefficient (Wildman–Crippen LogP) is 6.65. The van der Waals surface area contributed by atoms with Crippen LogP contribution in [-0.4, -0.2) is 23.2 Å². The van der Waals surface area contributed by atoms with Gasteiger partial charge in [0.25, 0.3) is 5.91 Å². The highest BCUT2D eigenvalue weighted by Gasteiger charge is 2.35. The van der Waals surface area contributed by atoms with Gasteiger partial charge in [-0.2, -0.15) is 26.3 Å². The maximum Gasteiger partial charge on any atom is 0.416 e. The highest BCUT2D eigenvalue weighted by atomic mass is 19.4. The Hall–Kier alpha value is -3.36. The summed E-state index contributed by atoms with van der Waals surface area (Å²) in [6, 6.07) is 6.52. The Morgan fingerprint density at radius 3 is 2.13 bits per heavy atom. The smallest absolute Gasteiger partial charge is 0.322 e. The van der Waals surface area contributed by atoms with Crippen LogP contribution in [0, 0.1) is 6.92 Å². The van der Waals surface area contributed by atoms with Gasteiger partial charge in [-0.1, -0.05) is 24.8 Å². The van der Waals surface area contributed by atoms with E-state index in [0.29, 0.717) is 30.2 Å². The Labute approximate surface area is 174 Å². The number of carbonyl (C=O) groups excluding carboxylic acids is 1. The molecule has 0 atom stereocenters. The van der Waals surface area contributed by atoms with E-state index in [-0.39, 0.29) is 11.3 Å². The fraction of sp³-hybridized carbons (Fsp3) is 0.182. The summed E-state index contributed by atoms with van der Waals surface area (Å²) in [4.78, 5) is 16.2. The third-order valence-electron chi connectivity index (χ3n) is 4.39. The van der Waals surface area contributed by atoms with E-state index < -0.39 is 35.0 Å². The molecular weight excluding hydrogens is 422 g/mol. The van der Waals surface area contributed by atoms with Crippen LogP contribution >= 0.6 is 0 Å². The van der Waals surface area contributed by atoms with Crippen LogP contribution in [0.1, 0.15) is 28.4 Å². The number of anilines is 1. The first-order chi connectivity index (χ1) is 14.3. The summed E-state index contributed by atoms with van der Waals surface area (Å²) in [5.41, 5.74) is -2.01. The van der Waals surface area contributed by atoms with E-state index in [0.717, 1.165) is 0 Å². The van der Waals surface area contributed by atoms with E-state index in [2.05, 4.69) is 16.9 Å². The molecule has 31 heavy (non-hydrogen) atoms. The summed E-state index contributed by atoms with van der Waals surface area (Å²) in [5, 5.41) is 2.58. The molecule has 9 heteroatoms. The molecule has 1 aromatic carbocycles. The molecule has 164 valence electrons. The lowest BCUT2D eigenvalue weighted by Crippen LogP contribution is -2.14. The van der Waals surface area contributed by atoms with Crippen molar-refractivity contribution < 1.29 is 31.1 Å². The molecule has 0 unspecified atom stereocenters. The van der Waals surface area contributed by atoms with Gasteiger partial charge in [-0.15, -0.1) is 0 Å². The summed E-state index contributed by atoms with van der Waals surface area (Å²) in [5.74, 6) is -0.458. The molecule has 0 saturated carbocycles. The average Bonchev–Trinajstić information content (AvgIpc) is 2.68. The van der Waals surface area contributed by atoms with Gasteiger partial charge in [-0.05, 0) is 54.8 Å². The van der Waals surface area contributed by atoms with E-state index >= 15 is 0 Å². The van der Waals surface area contributed by atoms with Gasteiger partial charge < -0.3 is 5.32 Å². The fourth-order valence-electron chi connectivity index (χ4n) is 2.63. The van der Waals surface area contributed by atoms with Crippen LogP contribution < -0.4 is 5.32 Å².